The summed E-state index contributed by atoms with van der Waals surface area (Å²) in [6, 6.07) is 10.3. The highest BCUT2D eigenvalue weighted by molar-refractivity contribution is 7.71. The monoisotopic (exact) mass is 287 g/mol. The standard InChI is InChI=1S/C14H13N3S2/c1-10-13(19-9-16-10)8-17-12(7-15-14(17)18)11-5-3-2-4-6-11/h2-7,9H,8H2,1H3,(H,15,18). The molecule has 0 amide bonds. The van der Waals surface area contributed by atoms with Crippen LogP contribution in [0.4, 0.5) is 0 Å². The Kier molecular flexibility index (Phi) is 3.31. The number of H-pyrrole nitrogens is 1. The fourth-order valence-corrected chi connectivity index (χ4v) is 3.01. The molecule has 0 radical (unpaired) electrons. The minimum absolute atomic E-state index is 0.742. The fourth-order valence-electron chi connectivity index (χ4n) is 2.02. The van der Waals surface area contributed by atoms with Crippen molar-refractivity contribution in [3.63, 3.8) is 0 Å². The van der Waals surface area contributed by atoms with E-state index in [1.54, 1.807) is 11.3 Å². The molecule has 3 aromatic rings. The van der Waals surface area contributed by atoms with Crippen LogP contribution in [-0.4, -0.2) is 14.5 Å². The van der Waals surface area contributed by atoms with Crippen molar-refractivity contribution >= 4 is 23.6 Å². The van der Waals surface area contributed by atoms with E-state index < -0.39 is 0 Å². The van der Waals surface area contributed by atoms with E-state index in [4.69, 9.17) is 12.2 Å². The SMILES string of the molecule is Cc1ncsc1Cn1c(-c2ccccc2)c[nH]c1=S. The molecule has 0 atom stereocenters. The van der Waals surface area contributed by atoms with E-state index >= 15 is 0 Å². The number of aromatic nitrogens is 3. The van der Waals surface area contributed by atoms with Crippen LogP contribution in [-0.2, 0) is 6.54 Å². The van der Waals surface area contributed by atoms with Crippen LogP contribution in [0.2, 0.25) is 0 Å². The summed E-state index contributed by atoms with van der Waals surface area (Å²) in [5.74, 6) is 0. The van der Waals surface area contributed by atoms with Gasteiger partial charge in [0.2, 0.25) is 0 Å². The van der Waals surface area contributed by atoms with Gasteiger partial charge in [-0.15, -0.1) is 11.3 Å². The van der Waals surface area contributed by atoms with Gasteiger partial charge in [-0.1, -0.05) is 30.3 Å². The Bertz CT molecular complexity index is 737. The molecule has 0 saturated heterocycles. The Balaban J connectivity index is 2.05. The van der Waals surface area contributed by atoms with Crippen molar-refractivity contribution < 1.29 is 0 Å². The molecule has 0 spiro atoms. The van der Waals surface area contributed by atoms with Crippen molar-refractivity contribution in [2.75, 3.05) is 0 Å². The zero-order valence-electron chi connectivity index (χ0n) is 10.5. The number of thiazole rings is 1. The van der Waals surface area contributed by atoms with Crippen LogP contribution in [0.3, 0.4) is 0 Å². The number of benzene rings is 1. The smallest absolute Gasteiger partial charge is 0.177 e. The number of nitrogens with zero attached hydrogens (tertiary/aromatic N) is 2. The molecule has 1 N–H and O–H groups in total. The Morgan fingerprint density at radius 3 is 2.79 bits per heavy atom. The molecule has 0 bridgehead atoms. The molecule has 19 heavy (non-hydrogen) atoms. The third-order valence-corrected chi connectivity index (χ3v) is 4.34. The summed E-state index contributed by atoms with van der Waals surface area (Å²) < 4.78 is 2.86. The predicted octanol–water partition coefficient (Wildman–Crippen LogP) is 4.03. The zero-order valence-corrected chi connectivity index (χ0v) is 12.1. The summed E-state index contributed by atoms with van der Waals surface area (Å²) in [6.07, 6.45) is 1.97. The van der Waals surface area contributed by atoms with E-state index in [0.717, 1.165) is 28.3 Å². The molecule has 5 heteroatoms. The first-order valence-corrected chi connectivity index (χ1v) is 7.27. The van der Waals surface area contributed by atoms with Gasteiger partial charge in [0.05, 0.1) is 23.4 Å². The van der Waals surface area contributed by atoms with Gasteiger partial charge in [0, 0.05) is 11.1 Å². The van der Waals surface area contributed by atoms with Crippen molar-refractivity contribution in [1.82, 2.24) is 14.5 Å². The number of hydrogen-bond acceptors (Lipinski definition) is 3. The van der Waals surface area contributed by atoms with Crippen LogP contribution < -0.4 is 0 Å². The Morgan fingerprint density at radius 2 is 2.11 bits per heavy atom. The first kappa shape index (κ1) is 12.3. The number of rotatable bonds is 3. The summed E-state index contributed by atoms with van der Waals surface area (Å²) >= 11 is 7.05. The van der Waals surface area contributed by atoms with Gasteiger partial charge in [-0.05, 0) is 24.7 Å². The second kappa shape index (κ2) is 5.11. The molecule has 0 aliphatic heterocycles. The predicted molar refractivity (Wildman–Crippen MR) is 81.0 cm³/mol. The second-order valence-electron chi connectivity index (χ2n) is 4.29. The van der Waals surface area contributed by atoms with Crippen LogP contribution in [0.25, 0.3) is 11.3 Å². The number of imidazole rings is 1. The van der Waals surface area contributed by atoms with Crippen LogP contribution in [0.15, 0.2) is 42.0 Å². The van der Waals surface area contributed by atoms with E-state index in [-0.39, 0.29) is 0 Å². The van der Waals surface area contributed by atoms with Gasteiger partial charge >= 0.3 is 0 Å². The van der Waals surface area contributed by atoms with E-state index in [1.165, 1.54) is 4.88 Å². The number of hydrogen-bond donors (Lipinski definition) is 1. The first-order chi connectivity index (χ1) is 9.25. The molecule has 1 aromatic carbocycles. The fraction of sp³-hybridized carbons (Fsp3) is 0.143. The van der Waals surface area contributed by atoms with Crippen molar-refractivity contribution in [3.05, 3.63) is 57.4 Å². The minimum Gasteiger partial charge on any atom is -0.337 e. The summed E-state index contributed by atoms with van der Waals surface area (Å²) in [5.41, 5.74) is 5.23. The number of nitrogens with one attached hydrogen (secondary N) is 1. The highest BCUT2D eigenvalue weighted by Gasteiger charge is 2.09. The lowest BCUT2D eigenvalue weighted by Crippen LogP contribution is -2.01. The third-order valence-electron chi connectivity index (χ3n) is 3.08. The summed E-state index contributed by atoms with van der Waals surface area (Å²) in [7, 11) is 0. The highest BCUT2D eigenvalue weighted by Crippen LogP contribution is 2.22. The molecule has 0 aliphatic carbocycles. The Labute approximate surface area is 120 Å². The largest absolute Gasteiger partial charge is 0.337 e. The highest BCUT2D eigenvalue weighted by atomic mass is 32.1. The maximum absolute atomic E-state index is 5.38. The van der Waals surface area contributed by atoms with Crippen molar-refractivity contribution in [2.45, 2.75) is 13.5 Å². The van der Waals surface area contributed by atoms with Gasteiger partial charge in [-0.25, -0.2) is 4.98 Å². The average molecular weight is 287 g/mol. The van der Waals surface area contributed by atoms with Gasteiger partial charge in [0.15, 0.2) is 4.77 Å². The molecule has 2 heterocycles. The van der Waals surface area contributed by atoms with Crippen molar-refractivity contribution in [2.24, 2.45) is 0 Å². The van der Waals surface area contributed by atoms with Gasteiger partial charge in [0.1, 0.15) is 0 Å². The van der Waals surface area contributed by atoms with Gasteiger partial charge < -0.3 is 9.55 Å². The lowest BCUT2D eigenvalue weighted by molar-refractivity contribution is 0.796. The van der Waals surface area contributed by atoms with Crippen LogP contribution in [0, 0.1) is 11.7 Å². The molecule has 0 unspecified atom stereocenters. The first-order valence-electron chi connectivity index (χ1n) is 5.98. The molecule has 0 aliphatic rings. The van der Waals surface area contributed by atoms with Crippen molar-refractivity contribution in [1.29, 1.82) is 0 Å². The lowest BCUT2D eigenvalue weighted by atomic mass is 10.2. The van der Waals surface area contributed by atoms with Crippen molar-refractivity contribution in [3.8, 4) is 11.3 Å². The summed E-state index contributed by atoms with van der Waals surface area (Å²) in [5, 5.41) is 0. The molecular formula is C14H13N3S2. The molecule has 3 nitrogen and oxygen atoms in total. The quantitative estimate of drug-likeness (QED) is 0.738. The average Bonchev–Trinajstić information content (AvgIpc) is 2.99. The van der Waals surface area contributed by atoms with Gasteiger partial charge in [0.25, 0.3) is 0 Å². The van der Waals surface area contributed by atoms with E-state index in [9.17, 15) is 0 Å². The maximum atomic E-state index is 5.38. The molecule has 2 aromatic heterocycles. The van der Waals surface area contributed by atoms with Crippen LogP contribution in [0.5, 0.6) is 0 Å². The topological polar surface area (TPSA) is 33.6 Å². The maximum Gasteiger partial charge on any atom is 0.177 e. The van der Waals surface area contributed by atoms with Gasteiger partial charge in [-0.2, -0.15) is 0 Å². The van der Waals surface area contributed by atoms with Crippen LogP contribution in [0.1, 0.15) is 10.6 Å². The lowest BCUT2D eigenvalue weighted by Gasteiger charge is -2.07. The third kappa shape index (κ3) is 2.39. The molecule has 96 valence electrons. The zero-order chi connectivity index (χ0) is 13.2. The number of aromatic amines is 1. The van der Waals surface area contributed by atoms with Gasteiger partial charge in [-0.3, -0.25) is 0 Å². The van der Waals surface area contributed by atoms with E-state index in [0.29, 0.717) is 0 Å². The van der Waals surface area contributed by atoms with E-state index in [2.05, 4.69) is 26.7 Å². The summed E-state index contributed by atoms with van der Waals surface area (Å²) in [4.78, 5) is 8.66. The molecular weight excluding hydrogens is 274 g/mol. The van der Waals surface area contributed by atoms with E-state index in [1.807, 2.05) is 36.8 Å². The normalized spacial score (nSPS) is 10.8. The minimum atomic E-state index is 0.742. The summed E-state index contributed by atoms with van der Waals surface area (Å²) in [6.45, 7) is 2.80. The Hall–Kier alpha value is -1.72. The second-order valence-corrected chi connectivity index (χ2v) is 5.62. The van der Waals surface area contributed by atoms with Crippen LogP contribution >= 0.6 is 23.6 Å². The molecule has 0 fully saturated rings. The Morgan fingerprint density at radius 1 is 1.32 bits per heavy atom. The number of aryl methyl sites for hydroxylation is 1. The molecule has 3 rings (SSSR count). The molecule has 0 saturated carbocycles.